The fourth-order valence-electron chi connectivity index (χ4n) is 2.24. The number of halogens is 1. The molecule has 0 radical (unpaired) electrons. The first-order chi connectivity index (χ1) is 12.6. The van der Waals surface area contributed by atoms with E-state index in [1.807, 2.05) is 6.92 Å². The van der Waals surface area contributed by atoms with Gasteiger partial charge in [-0.3, -0.25) is 4.79 Å². The summed E-state index contributed by atoms with van der Waals surface area (Å²) in [5.41, 5.74) is 2.09. The zero-order chi connectivity index (χ0) is 18.4. The van der Waals surface area contributed by atoms with Gasteiger partial charge in [0.1, 0.15) is 11.6 Å². The second kappa shape index (κ2) is 8.02. The molecule has 26 heavy (non-hydrogen) atoms. The molecule has 0 spiro atoms. The summed E-state index contributed by atoms with van der Waals surface area (Å²) >= 11 is 0. The Hall–Kier alpha value is -3.54. The van der Waals surface area contributed by atoms with Crippen molar-refractivity contribution in [3.8, 4) is 11.8 Å². The molecule has 0 aliphatic carbocycles. The summed E-state index contributed by atoms with van der Waals surface area (Å²) in [7, 11) is 0. The van der Waals surface area contributed by atoms with Gasteiger partial charge in [0.05, 0.1) is 0 Å². The molecule has 1 N–H and O–H groups in total. The Morgan fingerprint density at radius 2 is 1.92 bits per heavy atom. The Kier molecular flexibility index (Phi) is 5.34. The molecule has 0 aliphatic heterocycles. The van der Waals surface area contributed by atoms with Crippen LogP contribution in [0.15, 0.2) is 67.0 Å². The summed E-state index contributed by atoms with van der Waals surface area (Å²) in [6, 6.07) is 13.2. The summed E-state index contributed by atoms with van der Waals surface area (Å²) in [5, 5.41) is 2.78. The van der Waals surface area contributed by atoms with Gasteiger partial charge in [0, 0.05) is 24.2 Å². The molecule has 2 aromatic carbocycles. The Morgan fingerprint density at radius 3 is 2.65 bits per heavy atom. The van der Waals surface area contributed by atoms with Crippen molar-refractivity contribution < 1.29 is 13.9 Å². The monoisotopic (exact) mass is 349 g/mol. The Balaban J connectivity index is 1.65. The van der Waals surface area contributed by atoms with Gasteiger partial charge in [0.25, 0.3) is 0 Å². The normalized spacial score (nSPS) is 10.7. The quantitative estimate of drug-likeness (QED) is 0.695. The zero-order valence-corrected chi connectivity index (χ0v) is 14.0. The van der Waals surface area contributed by atoms with Crippen LogP contribution in [0.3, 0.4) is 0 Å². The van der Waals surface area contributed by atoms with Crippen molar-refractivity contribution in [3.05, 3.63) is 83.9 Å². The Bertz CT molecular complexity index is 943. The highest BCUT2D eigenvalue weighted by Gasteiger charge is 2.05. The van der Waals surface area contributed by atoms with Crippen LogP contribution in [0.2, 0.25) is 0 Å². The number of carbonyl (C=O) groups is 1. The number of nitrogens with one attached hydrogen (secondary N) is 1. The van der Waals surface area contributed by atoms with Gasteiger partial charge in [0.2, 0.25) is 5.91 Å². The number of anilines is 1. The molecule has 0 saturated carbocycles. The molecular formula is C20H16FN3O2. The van der Waals surface area contributed by atoms with E-state index >= 15 is 0 Å². The number of aromatic nitrogens is 2. The van der Waals surface area contributed by atoms with Crippen LogP contribution in [-0.4, -0.2) is 15.9 Å². The van der Waals surface area contributed by atoms with E-state index in [0.717, 1.165) is 5.56 Å². The molecule has 1 heterocycles. The van der Waals surface area contributed by atoms with Gasteiger partial charge in [-0.15, -0.1) is 0 Å². The number of hydrogen-bond acceptors (Lipinski definition) is 4. The molecule has 1 amide bonds. The predicted octanol–water partition coefficient (Wildman–Crippen LogP) is 4.37. The van der Waals surface area contributed by atoms with E-state index in [-0.39, 0.29) is 17.7 Å². The summed E-state index contributed by atoms with van der Waals surface area (Å²) in [4.78, 5) is 20.0. The molecule has 130 valence electrons. The maximum absolute atomic E-state index is 13.1. The van der Waals surface area contributed by atoms with Crippen LogP contribution in [0.4, 0.5) is 10.1 Å². The highest BCUT2D eigenvalue weighted by atomic mass is 19.1. The molecule has 5 nitrogen and oxygen atoms in total. The summed E-state index contributed by atoms with van der Waals surface area (Å²) in [6.07, 6.45) is 6.10. The van der Waals surface area contributed by atoms with Gasteiger partial charge in [-0.25, -0.2) is 14.4 Å². The molecule has 0 saturated heterocycles. The van der Waals surface area contributed by atoms with Crippen LogP contribution in [-0.2, 0) is 4.79 Å². The molecule has 6 heteroatoms. The van der Waals surface area contributed by atoms with E-state index in [0.29, 0.717) is 17.0 Å². The minimum Gasteiger partial charge on any atom is -0.424 e. The highest BCUT2D eigenvalue weighted by molar-refractivity contribution is 6.02. The van der Waals surface area contributed by atoms with E-state index in [1.165, 1.54) is 18.2 Å². The summed E-state index contributed by atoms with van der Waals surface area (Å²) in [5.74, 6) is -0.0826. The fourth-order valence-corrected chi connectivity index (χ4v) is 2.24. The molecule has 1 aromatic heterocycles. The second-order valence-electron chi connectivity index (χ2n) is 5.49. The van der Waals surface area contributed by atoms with Gasteiger partial charge in [0.15, 0.2) is 0 Å². The number of benzene rings is 2. The first kappa shape index (κ1) is 17.3. The smallest absolute Gasteiger partial charge is 0.321 e. The highest BCUT2D eigenvalue weighted by Crippen LogP contribution is 2.24. The van der Waals surface area contributed by atoms with E-state index < -0.39 is 0 Å². The largest absolute Gasteiger partial charge is 0.424 e. The molecule has 3 aromatic rings. The van der Waals surface area contributed by atoms with Crippen molar-refractivity contribution in [3.63, 3.8) is 0 Å². The number of nitrogens with zero attached hydrogens (tertiary/aromatic N) is 2. The number of aryl methyl sites for hydroxylation is 1. The lowest BCUT2D eigenvalue weighted by molar-refractivity contribution is -0.111. The van der Waals surface area contributed by atoms with Gasteiger partial charge >= 0.3 is 6.01 Å². The van der Waals surface area contributed by atoms with Crippen LogP contribution in [0, 0.1) is 12.7 Å². The number of rotatable bonds is 5. The maximum atomic E-state index is 13.1. The summed E-state index contributed by atoms with van der Waals surface area (Å²) < 4.78 is 18.7. The topological polar surface area (TPSA) is 64.1 Å². The number of amides is 1. The lowest BCUT2D eigenvalue weighted by atomic mass is 10.2. The predicted molar refractivity (Wildman–Crippen MR) is 97.3 cm³/mol. The van der Waals surface area contributed by atoms with Crippen LogP contribution in [0.5, 0.6) is 11.8 Å². The minimum absolute atomic E-state index is 0.252. The Labute approximate surface area is 150 Å². The van der Waals surface area contributed by atoms with Crippen LogP contribution >= 0.6 is 0 Å². The molecule has 3 rings (SSSR count). The van der Waals surface area contributed by atoms with Gasteiger partial charge in [-0.1, -0.05) is 12.1 Å². The van der Waals surface area contributed by atoms with E-state index in [9.17, 15) is 9.18 Å². The van der Waals surface area contributed by atoms with E-state index in [1.54, 1.807) is 54.9 Å². The number of ether oxygens (including phenoxy) is 1. The molecule has 0 unspecified atom stereocenters. The lowest BCUT2D eigenvalue weighted by Gasteiger charge is -2.09. The molecule has 0 atom stereocenters. The third-order valence-corrected chi connectivity index (χ3v) is 3.48. The van der Waals surface area contributed by atoms with Crippen molar-refractivity contribution in [2.75, 3.05) is 5.32 Å². The molecular weight excluding hydrogens is 333 g/mol. The van der Waals surface area contributed by atoms with Crippen molar-refractivity contribution >= 4 is 17.7 Å². The van der Waals surface area contributed by atoms with Gasteiger partial charge in [-0.05, 0) is 60.5 Å². The Morgan fingerprint density at radius 1 is 1.12 bits per heavy atom. The molecule has 0 fully saturated rings. The average molecular weight is 349 g/mol. The second-order valence-corrected chi connectivity index (χ2v) is 5.49. The maximum Gasteiger partial charge on any atom is 0.321 e. The van der Waals surface area contributed by atoms with E-state index in [4.69, 9.17) is 4.74 Å². The first-order valence-corrected chi connectivity index (χ1v) is 7.90. The molecule has 0 bridgehead atoms. The van der Waals surface area contributed by atoms with Gasteiger partial charge < -0.3 is 10.1 Å². The number of hydrogen-bond donors (Lipinski definition) is 1. The average Bonchev–Trinajstić information content (AvgIpc) is 2.63. The SMILES string of the molecule is Cc1cc(Oc2ncccn2)ccc1NC(=O)/C=C/c1cccc(F)c1. The third kappa shape index (κ3) is 4.73. The molecule has 0 aliphatic rings. The van der Waals surface area contributed by atoms with Crippen molar-refractivity contribution in [2.45, 2.75) is 6.92 Å². The van der Waals surface area contributed by atoms with Crippen molar-refractivity contribution in [1.29, 1.82) is 0 Å². The van der Waals surface area contributed by atoms with E-state index in [2.05, 4.69) is 15.3 Å². The van der Waals surface area contributed by atoms with Gasteiger partial charge in [-0.2, -0.15) is 0 Å². The lowest BCUT2D eigenvalue weighted by Crippen LogP contribution is -2.09. The van der Waals surface area contributed by atoms with Crippen molar-refractivity contribution in [2.24, 2.45) is 0 Å². The zero-order valence-electron chi connectivity index (χ0n) is 14.0. The first-order valence-electron chi connectivity index (χ1n) is 7.90. The summed E-state index contributed by atoms with van der Waals surface area (Å²) in [6.45, 7) is 1.85. The van der Waals surface area contributed by atoms with Crippen LogP contribution in [0.25, 0.3) is 6.08 Å². The van der Waals surface area contributed by atoms with Crippen LogP contribution in [0.1, 0.15) is 11.1 Å². The van der Waals surface area contributed by atoms with Crippen LogP contribution < -0.4 is 10.1 Å². The standard InChI is InChI=1S/C20H16FN3O2/c1-14-12-17(26-20-22-10-3-11-23-20)7-8-18(14)24-19(25)9-6-15-4-2-5-16(21)13-15/h2-13H,1H3,(H,24,25)/b9-6+. The minimum atomic E-state index is -0.346. The number of carbonyl (C=O) groups excluding carboxylic acids is 1. The third-order valence-electron chi connectivity index (χ3n) is 3.48. The fraction of sp³-hybridized carbons (Fsp3) is 0.0500. The van der Waals surface area contributed by atoms with Crippen molar-refractivity contribution in [1.82, 2.24) is 9.97 Å².